The summed E-state index contributed by atoms with van der Waals surface area (Å²) in [6, 6.07) is 15.0. The number of methoxy groups -OCH3 is 1. The van der Waals surface area contributed by atoms with E-state index >= 15 is 0 Å². The van der Waals surface area contributed by atoms with Gasteiger partial charge in [0, 0.05) is 11.5 Å². The molecule has 134 valence electrons. The Bertz CT molecular complexity index is 811. The number of nitrogens with zero attached hydrogens (tertiary/aromatic N) is 1. The van der Waals surface area contributed by atoms with Crippen molar-refractivity contribution in [1.82, 2.24) is 5.32 Å². The van der Waals surface area contributed by atoms with Crippen molar-refractivity contribution in [3.05, 3.63) is 65.2 Å². The maximum Gasteiger partial charge on any atom is 0.251 e. The summed E-state index contributed by atoms with van der Waals surface area (Å²) in [7, 11) is 1.58. The molecule has 1 aliphatic rings. The molecule has 1 aliphatic carbocycles. The van der Waals surface area contributed by atoms with Gasteiger partial charge in [-0.15, -0.1) is 0 Å². The van der Waals surface area contributed by atoms with Crippen molar-refractivity contribution in [2.45, 2.75) is 30.6 Å². The van der Waals surface area contributed by atoms with E-state index in [1.165, 1.54) is 0 Å². The number of nitrogens with one attached hydrogen (secondary N) is 1. The molecule has 0 heterocycles. The number of ether oxygens (including phenoxy) is 1. The lowest BCUT2D eigenvalue weighted by molar-refractivity contribution is 0.0294. The average Bonchev–Trinajstić information content (AvgIpc) is 2.96. The first-order valence-corrected chi connectivity index (χ1v) is 8.34. The molecular weight excluding hydrogens is 332 g/mol. The zero-order valence-electron chi connectivity index (χ0n) is 14.3. The van der Waals surface area contributed by atoms with Gasteiger partial charge in [-0.3, -0.25) is 4.79 Å². The zero-order valence-corrected chi connectivity index (χ0v) is 14.3. The van der Waals surface area contributed by atoms with Crippen LogP contribution in [0.2, 0.25) is 0 Å². The van der Waals surface area contributed by atoms with Gasteiger partial charge in [0.25, 0.3) is 5.91 Å². The fourth-order valence-electron chi connectivity index (χ4n) is 3.33. The fourth-order valence-corrected chi connectivity index (χ4v) is 3.33. The molecule has 1 saturated carbocycles. The Morgan fingerprint density at radius 3 is 2.38 bits per heavy atom. The van der Waals surface area contributed by atoms with E-state index in [0.29, 0.717) is 23.3 Å². The number of benzene rings is 2. The molecule has 0 saturated heterocycles. The van der Waals surface area contributed by atoms with Crippen LogP contribution in [0.15, 0.2) is 48.5 Å². The van der Waals surface area contributed by atoms with Gasteiger partial charge in [0.15, 0.2) is 0 Å². The van der Waals surface area contributed by atoms with Crippen LogP contribution in [-0.4, -0.2) is 41.5 Å². The summed E-state index contributed by atoms with van der Waals surface area (Å²) in [5, 5.41) is 32.1. The molecule has 0 aromatic heterocycles. The second-order valence-electron chi connectivity index (χ2n) is 6.36. The van der Waals surface area contributed by atoms with Gasteiger partial charge in [-0.1, -0.05) is 12.1 Å². The molecule has 0 radical (unpaired) electrons. The van der Waals surface area contributed by atoms with Crippen molar-refractivity contribution in [1.29, 1.82) is 5.26 Å². The third-order valence-corrected chi connectivity index (χ3v) is 4.81. The molecule has 3 N–H and O–H groups in total. The van der Waals surface area contributed by atoms with E-state index in [4.69, 9.17) is 10.00 Å². The zero-order chi connectivity index (χ0) is 18.7. The second-order valence-corrected chi connectivity index (χ2v) is 6.36. The van der Waals surface area contributed by atoms with Gasteiger partial charge in [-0.05, 0) is 48.4 Å². The summed E-state index contributed by atoms with van der Waals surface area (Å²) in [4.78, 5) is 12.5. The minimum Gasteiger partial charge on any atom is -0.497 e. The van der Waals surface area contributed by atoms with Crippen molar-refractivity contribution in [3.8, 4) is 11.8 Å². The molecule has 4 unspecified atom stereocenters. The third kappa shape index (κ3) is 3.54. The molecule has 26 heavy (non-hydrogen) atoms. The van der Waals surface area contributed by atoms with Crippen LogP contribution >= 0.6 is 0 Å². The number of amides is 1. The molecule has 0 aliphatic heterocycles. The smallest absolute Gasteiger partial charge is 0.251 e. The lowest BCUT2D eigenvalue weighted by Crippen LogP contribution is -2.45. The molecule has 0 bridgehead atoms. The lowest BCUT2D eigenvalue weighted by atomic mass is 9.93. The predicted octanol–water partition coefficient (Wildman–Crippen LogP) is 1.57. The highest BCUT2D eigenvalue weighted by molar-refractivity contribution is 5.94. The number of aliphatic hydroxyl groups is 2. The summed E-state index contributed by atoms with van der Waals surface area (Å²) in [5.74, 6) is 0.144. The van der Waals surface area contributed by atoms with E-state index in [0.717, 1.165) is 5.56 Å². The average molecular weight is 352 g/mol. The quantitative estimate of drug-likeness (QED) is 0.775. The molecule has 4 atom stereocenters. The molecule has 0 spiro atoms. The van der Waals surface area contributed by atoms with Crippen LogP contribution in [0.4, 0.5) is 0 Å². The van der Waals surface area contributed by atoms with Gasteiger partial charge < -0.3 is 20.3 Å². The number of hydrogen-bond acceptors (Lipinski definition) is 5. The molecule has 2 aromatic carbocycles. The first-order valence-electron chi connectivity index (χ1n) is 8.34. The monoisotopic (exact) mass is 352 g/mol. The molecule has 6 heteroatoms. The van der Waals surface area contributed by atoms with Crippen LogP contribution in [0.3, 0.4) is 0 Å². The lowest BCUT2D eigenvalue weighted by Gasteiger charge is -2.24. The number of carbonyl (C=O) groups is 1. The Hall–Kier alpha value is -2.88. The number of rotatable bonds is 4. The molecule has 1 amide bonds. The Kier molecular flexibility index (Phi) is 5.21. The van der Waals surface area contributed by atoms with Crippen LogP contribution in [0.25, 0.3) is 0 Å². The van der Waals surface area contributed by atoms with Crippen LogP contribution in [0.1, 0.15) is 33.8 Å². The molecular formula is C20H20N2O4. The summed E-state index contributed by atoms with van der Waals surface area (Å²) in [5.41, 5.74) is 1.77. The van der Waals surface area contributed by atoms with Gasteiger partial charge >= 0.3 is 0 Å². The highest BCUT2D eigenvalue weighted by Gasteiger charge is 2.43. The number of aliphatic hydroxyl groups excluding tert-OH is 2. The number of carbonyl (C=O) groups excluding carboxylic acids is 1. The van der Waals surface area contributed by atoms with Crippen LogP contribution in [0.5, 0.6) is 5.75 Å². The van der Waals surface area contributed by atoms with E-state index in [-0.39, 0.29) is 11.8 Å². The summed E-state index contributed by atoms with van der Waals surface area (Å²) in [6.07, 6.45) is -1.61. The van der Waals surface area contributed by atoms with Gasteiger partial charge in [-0.2, -0.15) is 5.26 Å². The highest BCUT2D eigenvalue weighted by Crippen LogP contribution is 2.36. The summed E-state index contributed by atoms with van der Waals surface area (Å²) < 4.78 is 5.15. The largest absolute Gasteiger partial charge is 0.497 e. The van der Waals surface area contributed by atoms with E-state index < -0.39 is 18.2 Å². The van der Waals surface area contributed by atoms with Crippen molar-refractivity contribution >= 4 is 5.91 Å². The first kappa shape index (κ1) is 17.9. The Morgan fingerprint density at radius 1 is 1.15 bits per heavy atom. The van der Waals surface area contributed by atoms with Gasteiger partial charge in [0.05, 0.1) is 30.9 Å². The summed E-state index contributed by atoms with van der Waals surface area (Å²) in [6.45, 7) is 0. The van der Waals surface area contributed by atoms with Crippen molar-refractivity contribution in [2.24, 2.45) is 0 Å². The molecule has 3 rings (SSSR count). The highest BCUT2D eigenvalue weighted by atomic mass is 16.5. The normalized spacial score (nSPS) is 24.7. The third-order valence-electron chi connectivity index (χ3n) is 4.81. The SMILES string of the molecule is COc1ccc(C2CC(O)C(O)C2NC(=O)c2ccc(C#N)cc2)cc1. The second kappa shape index (κ2) is 7.56. The van der Waals surface area contributed by atoms with Crippen LogP contribution < -0.4 is 10.1 Å². The Labute approximate surface area is 151 Å². The van der Waals surface area contributed by atoms with E-state index in [1.807, 2.05) is 30.3 Å². The van der Waals surface area contributed by atoms with E-state index in [9.17, 15) is 15.0 Å². The van der Waals surface area contributed by atoms with Crippen molar-refractivity contribution in [2.75, 3.05) is 7.11 Å². The summed E-state index contributed by atoms with van der Waals surface area (Å²) >= 11 is 0. The van der Waals surface area contributed by atoms with Gasteiger partial charge in [0.2, 0.25) is 0 Å². The predicted molar refractivity (Wildman–Crippen MR) is 94.8 cm³/mol. The Morgan fingerprint density at radius 2 is 1.81 bits per heavy atom. The topological polar surface area (TPSA) is 103 Å². The number of hydrogen-bond donors (Lipinski definition) is 3. The first-order chi connectivity index (χ1) is 12.5. The fraction of sp³-hybridized carbons (Fsp3) is 0.300. The Balaban J connectivity index is 1.80. The van der Waals surface area contributed by atoms with Crippen molar-refractivity contribution in [3.63, 3.8) is 0 Å². The minimum atomic E-state index is -1.05. The maximum absolute atomic E-state index is 12.5. The van der Waals surface area contributed by atoms with Gasteiger partial charge in [-0.25, -0.2) is 0 Å². The van der Waals surface area contributed by atoms with Crippen molar-refractivity contribution < 1.29 is 19.7 Å². The van der Waals surface area contributed by atoms with E-state index in [1.54, 1.807) is 31.4 Å². The van der Waals surface area contributed by atoms with Crippen LogP contribution in [0, 0.1) is 11.3 Å². The van der Waals surface area contributed by atoms with E-state index in [2.05, 4.69) is 5.32 Å². The molecule has 2 aromatic rings. The van der Waals surface area contributed by atoms with Crippen LogP contribution in [-0.2, 0) is 0 Å². The standard InChI is InChI=1S/C20H20N2O4/c1-26-15-8-6-13(7-9-15)16-10-17(23)19(24)18(16)22-20(25)14-4-2-12(11-21)3-5-14/h2-9,16-19,23-24H,10H2,1H3,(H,22,25). The molecule has 1 fully saturated rings. The maximum atomic E-state index is 12.5. The minimum absolute atomic E-state index is 0.215. The molecule has 6 nitrogen and oxygen atoms in total. The number of nitriles is 1. The van der Waals surface area contributed by atoms with Gasteiger partial charge in [0.1, 0.15) is 11.9 Å².